The third-order valence-corrected chi connectivity index (χ3v) is 2.06. The van der Waals surface area contributed by atoms with Gasteiger partial charge in [-0.25, -0.2) is 0 Å². The first-order valence-electron chi connectivity index (χ1n) is 4.19. The summed E-state index contributed by atoms with van der Waals surface area (Å²) in [4.78, 5) is 11.3. The molecule has 1 unspecified atom stereocenters. The number of aliphatic hydroxyl groups is 1. The van der Waals surface area contributed by atoms with Crippen molar-refractivity contribution in [1.82, 2.24) is 10.2 Å². The Morgan fingerprint density at radius 3 is 2.56 bits per heavy atom. The van der Waals surface area contributed by atoms with Crippen molar-refractivity contribution in [3.8, 4) is 0 Å². The van der Waals surface area contributed by atoms with Gasteiger partial charge in [-0.05, 0) is 6.92 Å². The maximum Gasteiger partial charge on any atom is 0.436 e. The fraction of sp³-hybridized carbons (Fsp3) is 0.375. The van der Waals surface area contributed by atoms with Crippen LogP contribution in [-0.2, 0) is 4.79 Å². The summed E-state index contributed by atoms with van der Waals surface area (Å²) in [6, 6.07) is 0. The average molecular weight is 237 g/mol. The Bertz CT molecular complexity index is 360. The van der Waals surface area contributed by atoms with Gasteiger partial charge in [0.2, 0.25) is 5.72 Å². The molecule has 0 saturated carbocycles. The summed E-state index contributed by atoms with van der Waals surface area (Å²) in [5, 5.41) is 11.8. The van der Waals surface area contributed by atoms with Crippen molar-refractivity contribution in [3.63, 3.8) is 0 Å². The molecule has 0 aromatic carbocycles. The highest BCUT2D eigenvalue weighted by Crippen LogP contribution is 2.35. The highest BCUT2D eigenvalue weighted by atomic mass is 19.4. The zero-order valence-electron chi connectivity index (χ0n) is 8.25. The zero-order valence-corrected chi connectivity index (χ0v) is 8.25. The molecule has 0 bridgehead atoms. The van der Waals surface area contributed by atoms with Crippen LogP contribution in [0.3, 0.4) is 0 Å². The minimum Gasteiger partial charge on any atom is -0.364 e. The van der Waals surface area contributed by atoms with Crippen molar-refractivity contribution in [2.45, 2.75) is 18.8 Å². The summed E-state index contributed by atoms with van der Waals surface area (Å²) < 4.78 is 37.6. The number of rotatable bonds is 2. The fourth-order valence-electron chi connectivity index (χ4n) is 1.10. The number of alkyl halides is 3. The van der Waals surface area contributed by atoms with E-state index in [1.807, 2.05) is 0 Å². The quantitative estimate of drug-likeness (QED) is 0.629. The van der Waals surface area contributed by atoms with E-state index >= 15 is 0 Å². The van der Waals surface area contributed by atoms with Gasteiger partial charge >= 0.3 is 6.18 Å². The Balaban J connectivity index is 3.11. The van der Waals surface area contributed by atoms with Crippen LogP contribution >= 0.6 is 0 Å². The van der Waals surface area contributed by atoms with Gasteiger partial charge in [0.05, 0.1) is 0 Å². The predicted octanol–water partition coefficient (Wildman–Crippen LogP) is -0.0397. The van der Waals surface area contributed by atoms with Gasteiger partial charge in [0.25, 0.3) is 5.91 Å². The van der Waals surface area contributed by atoms with Gasteiger partial charge in [0, 0.05) is 18.6 Å². The van der Waals surface area contributed by atoms with Gasteiger partial charge in [0.15, 0.2) is 0 Å². The van der Waals surface area contributed by atoms with Crippen LogP contribution in [0.4, 0.5) is 13.2 Å². The van der Waals surface area contributed by atoms with Gasteiger partial charge in [0.1, 0.15) is 5.70 Å². The molecule has 0 radical (unpaired) electrons. The Kier molecular flexibility index (Phi) is 2.87. The lowest BCUT2D eigenvalue weighted by Gasteiger charge is -2.38. The maximum absolute atomic E-state index is 12.5. The normalized spacial score (nSPS) is 19.8. The smallest absolute Gasteiger partial charge is 0.364 e. The summed E-state index contributed by atoms with van der Waals surface area (Å²) in [5.74, 6) is -1.08. The van der Waals surface area contributed by atoms with Gasteiger partial charge in [-0.1, -0.05) is 0 Å². The van der Waals surface area contributed by atoms with E-state index in [0.29, 0.717) is 11.8 Å². The Morgan fingerprint density at radius 1 is 1.56 bits per heavy atom. The molecule has 0 aliphatic carbocycles. The fourth-order valence-corrected chi connectivity index (χ4v) is 1.10. The number of halogens is 3. The van der Waals surface area contributed by atoms with Gasteiger partial charge in [-0.3, -0.25) is 4.79 Å². The average Bonchev–Trinajstić information content (AvgIpc) is 2.16. The summed E-state index contributed by atoms with van der Waals surface area (Å²) in [5.41, 5.74) is 1.21. The second-order valence-electron chi connectivity index (χ2n) is 3.26. The van der Waals surface area contributed by atoms with Gasteiger partial charge < -0.3 is 21.1 Å². The van der Waals surface area contributed by atoms with E-state index in [1.54, 1.807) is 0 Å². The molecule has 8 heteroatoms. The molecule has 4 N–H and O–H groups in total. The summed E-state index contributed by atoms with van der Waals surface area (Å²) in [6.07, 6.45) is -1.94. The van der Waals surface area contributed by atoms with Crippen LogP contribution < -0.4 is 11.1 Å². The minimum atomic E-state index is -4.93. The molecule has 0 saturated heterocycles. The monoisotopic (exact) mass is 237 g/mol. The highest BCUT2D eigenvalue weighted by Gasteiger charge is 2.55. The molecule has 1 aliphatic heterocycles. The molecule has 90 valence electrons. The SMILES string of the molecule is CC(O)(N1C=CNC=C1C(N)=O)C(F)(F)F. The first-order chi connectivity index (χ1) is 7.18. The van der Waals surface area contributed by atoms with Crippen LogP contribution in [0.1, 0.15) is 6.92 Å². The van der Waals surface area contributed by atoms with Crippen molar-refractivity contribution >= 4 is 5.91 Å². The number of amides is 1. The number of hydrogen-bond acceptors (Lipinski definition) is 4. The third-order valence-electron chi connectivity index (χ3n) is 2.06. The molecule has 0 fully saturated rings. The van der Waals surface area contributed by atoms with Crippen molar-refractivity contribution in [2.75, 3.05) is 0 Å². The highest BCUT2D eigenvalue weighted by molar-refractivity contribution is 5.91. The molecule has 1 aliphatic rings. The van der Waals surface area contributed by atoms with Crippen LogP contribution in [0.25, 0.3) is 0 Å². The van der Waals surface area contributed by atoms with Crippen molar-refractivity contribution in [3.05, 3.63) is 24.3 Å². The molecule has 1 amide bonds. The van der Waals surface area contributed by atoms with Crippen molar-refractivity contribution < 1.29 is 23.1 Å². The topological polar surface area (TPSA) is 78.6 Å². The molecule has 0 aromatic rings. The standard InChI is InChI=1S/C8H10F3N3O2/c1-7(16,8(9,10)11)14-3-2-13-4-5(14)6(12)15/h2-4,13,16H,1H3,(H2,12,15). The lowest BCUT2D eigenvalue weighted by molar-refractivity contribution is -0.293. The summed E-state index contributed by atoms with van der Waals surface area (Å²) in [7, 11) is 0. The largest absolute Gasteiger partial charge is 0.436 e. The second kappa shape index (κ2) is 3.71. The number of nitrogens with zero attached hydrogens (tertiary/aromatic N) is 1. The minimum absolute atomic E-state index is 0.353. The van der Waals surface area contributed by atoms with Gasteiger partial charge in [-0.15, -0.1) is 0 Å². The number of hydrogen-bond donors (Lipinski definition) is 3. The molecule has 16 heavy (non-hydrogen) atoms. The third kappa shape index (κ3) is 1.96. The van der Waals surface area contributed by atoms with Crippen molar-refractivity contribution in [1.29, 1.82) is 0 Å². The molecule has 5 nitrogen and oxygen atoms in total. The first kappa shape index (κ1) is 12.4. The molecular formula is C8H10F3N3O2. The molecule has 1 rings (SSSR count). The van der Waals surface area contributed by atoms with Crippen molar-refractivity contribution in [2.24, 2.45) is 5.73 Å². The van der Waals surface area contributed by atoms with Crippen LogP contribution in [0.5, 0.6) is 0 Å². The number of primary amides is 1. The summed E-state index contributed by atoms with van der Waals surface area (Å²) >= 11 is 0. The first-order valence-corrected chi connectivity index (χ1v) is 4.19. The van der Waals surface area contributed by atoms with Crippen LogP contribution in [0.2, 0.25) is 0 Å². The Hall–Kier alpha value is -1.70. The predicted molar refractivity (Wildman–Crippen MR) is 48.1 cm³/mol. The van der Waals surface area contributed by atoms with Gasteiger partial charge in [-0.2, -0.15) is 13.2 Å². The molecule has 0 aromatic heterocycles. The van der Waals surface area contributed by atoms with E-state index in [2.05, 4.69) is 5.32 Å². The van der Waals surface area contributed by atoms with E-state index in [4.69, 9.17) is 5.73 Å². The Morgan fingerprint density at radius 2 is 2.12 bits per heavy atom. The second-order valence-corrected chi connectivity index (χ2v) is 3.26. The lowest BCUT2D eigenvalue weighted by Crippen LogP contribution is -2.56. The van der Waals surface area contributed by atoms with Crippen LogP contribution in [-0.4, -0.2) is 27.8 Å². The number of carbonyl (C=O) groups is 1. The number of carbonyl (C=O) groups excluding carboxylic acids is 1. The van der Waals surface area contributed by atoms with Crippen LogP contribution in [0, 0.1) is 0 Å². The number of nitrogens with one attached hydrogen (secondary N) is 1. The molecule has 0 spiro atoms. The van der Waals surface area contributed by atoms with Crippen LogP contribution in [0.15, 0.2) is 24.3 Å². The molecular weight excluding hydrogens is 227 g/mol. The maximum atomic E-state index is 12.5. The summed E-state index contributed by atoms with van der Waals surface area (Å²) in [6.45, 7) is 0.527. The Labute approximate surface area is 89.0 Å². The van der Waals surface area contributed by atoms with E-state index in [-0.39, 0.29) is 0 Å². The van der Waals surface area contributed by atoms with E-state index < -0.39 is 23.5 Å². The van der Waals surface area contributed by atoms with E-state index in [0.717, 1.165) is 18.6 Å². The molecule has 1 atom stereocenters. The number of nitrogens with two attached hydrogens (primary N) is 1. The molecule has 1 heterocycles. The zero-order chi connectivity index (χ0) is 12.6. The van der Waals surface area contributed by atoms with E-state index in [9.17, 15) is 23.1 Å². The lowest BCUT2D eigenvalue weighted by atomic mass is 10.1. The van der Waals surface area contributed by atoms with E-state index in [1.165, 1.54) is 0 Å².